The monoisotopic (exact) mass is 273 g/mol. The summed E-state index contributed by atoms with van der Waals surface area (Å²) in [5.74, 6) is 0.567. The number of rotatable bonds is 4. The zero-order valence-corrected chi connectivity index (χ0v) is 12.4. The number of hydrogen-bond acceptors (Lipinski definition) is 3. The summed E-state index contributed by atoms with van der Waals surface area (Å²) >= 11 is 0. The summed E-state index contributed by atoms with van der Waals surface area (Å²) in [6.07, 6.45) is 0.612. The van der Waals surface area contributed by atoms with Crippen molar-refractivity contribution in [1.82, 2.24) is 9.97 Å². The maximum atomic E-state index is 13.8. The minimum absolute atomic E-state index is 0.291. The summed E-state index contributed by atoms with van der Waals surface area (Å²) in [5.41, 5.74) is 4.03. The van der Waals surface area contributed by atoms with Crippen molar-refractivity contribution in [2.45, 2.75) is 34.1 Å². The molecule has 1 aromatic carbocycles. The smallest absolute Gasteiger partial charge is 0.186 e. The lowest BCUT2D eigenvalue weighted by atomic mass is 10.0. The molecule has 106 valence electrons. The highest BCUT2D eigenvalue weighted by molar-refractivity contribution is 5.39. The van der Waals surface area contributed by atoms with Crippen LogP contribution in [0.15, 0.2) is 18.2 Å². The Labute approximate surface area is 119 Å². The van der Waals surface area contributed by atoms with Crippen LogP contribution in [0.2, 0.25) is 0 Å². The van der Waals surface area contributed by atoms with Crippen LogP contribution in [0.25, 0.3) is 0 Å². The van der Waals surface area contributed by atoms with Crippen LogP contribution in [-0.2, 0) is 6.42 Å². The number of anilines is 1. The molecule has 0 amide bonds. The first-order chi connectivity index (χ1) is 9.51. The summed E-state index contributed by atoms with van der Waals surface area (Å²) in [5, 5.41) is 2.94. The maximum absolute atomic E-state index is 13.8. The largest absolute Gasteiger partial charge is 0.368 e. The fraction of sp³-hybridized carbons (Fsp3) is 0.375. The number of nitrogens with zero attached hydrogens (tertiary/aromatic N) is 2. The van der Waals surface area contributed by atoms with Gasteiger partial charge in [0.15, 0.2) is 11.6 Å². The highest BCUT2D eigenvalue weighted by Crippen LogP contribution is 2.17. The maximum Gasteiger partial charge on any atom is 0.186 e. The molecule has 0 aliphatic heterocycles. The molecule has 1 heterocycles. The van der Waals surface area contributed by atoms with Gasteiger partial charge in [0.2, 0.25) is 0 Å². The lowest BCUT2D eigenvalue weighted by Crippen LogP contribution is -2.09. The first kappa shape index (κ1) is 14.4. The van der Waals surface area contributed by atoms with Crippen molar-refractivity contribution >= 4 is 5.82 Å². The molecule has 4 heteroatoms. The molecule has 0 saturated carbocycles. The van der Waals surface area contributed by atoms with Crippen LogP contribution < -0.4 is 5.32 Å². The number of benzene rings is 1. The minimum Gasteiger partial charge on any atom is -0.368 e. The Morgan fingerprint density at radius 1 is 1.10 bits per heavy atom. The highest BCUT2D eigenvalue weighted by atomic mass is 19.1. The van der Waals surface area contributed by atoms with Crippen LogP contribution >= 0.6 is 0 Å². The van der Waals surface area contributed by atoms with Gasteiger partial charge in [0.1, 0.15) is 5.82 Å². The van der Waals surface area contributed by atoms with Gasteiger partial charge in [0, 0.05) is 13.0 Å². The van der Waals surface area contributed by atoms with E-state index in [0.717, 1.165) is 5.56 Å². The van der Waals surface area contributed by atoms with Gasteiger partial charge in [-0.2, -0.15) is 0 Å². The average Bonchev–Trinajstić information content (AvgIpc) is 2.40. The summed E-state index contributed by atoms with van der Waals surface area (Å²) in [6.45, 7) is 8.39. The second kappa shape index (κ2) is 5.99. The molecule has 3 nitrogen and oxygen atoms in total. The molecule has 1 N–H and O–H groups in total. The minimum atomic E-state index is -0.365. The zero-order chi connectivity index (χ0) is 14.7. The van der Waals surface area contributed by atoms with Gasteiger partial charge in [-0.05, 0) is 44.4 Å². The number of aromatic nitrogens is 2. The van der Waals surface area contributed by atoms with Crippen LogP contribution in [0.5, 0.6) is 0 Å². The van der Waals surface area contributed by atoms with Crippen molar-refractivity contribution in [3.05, 3.63) is 52.2 Å². The molecule has 0 fully saturated rings. The molecular weight excluding hydrogens is 253 g/mol. The molecule has 0 aliphatic carbocycles. The van der Waals surface area contributed by atoms with Gasteiger partial charge >= 0.3 is 0 Å². The molecular formula is C16H20FN3. The van der Waals surface area contributed by atoms with E-state index in [1.807, 2.05) is 6.92 Å². The van der Waals surface area contributed by atoms with Gasteiger partial charge in [-0.3, -0.25) is 0 Å². The molecule has 0 aliphatic rings. The number of hydrogen-bond donors (Lipinski definition) is 1. The molecule has 2 aromatic rings. The van der Waals surface area contributed by atoms with E-state index < -0.39 is 0 Å². The molecule has 1 aromatic heterocycles. The Balaban J connectivity index is 2.31. The standard InChI is InChI=1S/C16H20FN3/c1-5-18-16-15(17)12(4)19-14(20-16)9-13-7-6-10(2)11(3)8-13/h6-8H,5,9H2,1-4H3,(H,18,19,20). The highest BCUT2D eigenvalue weighted by Gasteiger charge is 2.11. The Hall–Kier alpha value is -1.97. The van der Waals surface area contributed by atoms with Crippen molar-refractivity contribution in [3.63, 3.8) is 0 Å². The Kier molecular flexibility index (Phi) is 4.32. The second-order valence-electron chi connectivity index (χ2n) is 5.01. The Bertz CT molecular complexity index is 623. The molecule has 0 bridgehead atoms. The lowest BCUT2D eigenvalue weighted by molar-refractivity contribution is 0.601. The second-order valence-corrected chi connectivity index (χ2v) is 5.01. The SMILES string of the molecule is CCNc1nc(Cc2ccc(C)c(C)c2)nc(C)c1F. The Morgan fingerprint density at radius 2 is 1.85 bits per heavy atom. The number of aryl methyl sites for hydroxylation is 3. The van der Waals surface area contributed by atoms with Crippen LogP contribution in [0, 0.1) is 26.6 Å². The summed E-state index contributed by atoms with van der Waals surface area (Å²) in [4.78, 5) is 8.51. The van der Waals surface area contributed by atoms with Gasteiger partial charge in [-0.1, -0.05) is 18.2 Å². The van der Waals surface area contributed by atoms with Crippen molar-refractivity contribution in [3.8, 4) is 0 Å². The van der Waals surface area contributed by atoms with E-state index in [-0.39, 0.29) is 5.82 Å². The fourth-order valence-electron chi connectivity index (χ4n) is 2.08. The van der Waals surface area contributed by atoms with Crippen molar-refractivity contribution in [1.29, 1.82) is 0 Å². The van der Waals surface area contributed by atoms with Gasteiger partial charge in [0.05, 0.1) is 5.69 Å². The van der Waals surface area contributed by atoms with E-state index in [9.17, 15) is 4.39 Å². The molecule has 0 unspecified atom stereocenters. The first-order valence-corrected chi connectivity index (χ1v) is 6.84. The third kappa shape index (κ3) is 3.13. The number of nitrogens with one attached hydrogen (secondary N) is 1. The van der Waals surface area contributed by atoms with Gasteiger partial charge < -0.3 is 5.32 Å². The van der Waals surface area contributed by atoms with E-state index >= 15 is 0 Å². The molecule has 0 saturated heterocycles. The van der Waals surface area contributed by atoms with E-state index in [2.05, 4.69) is 47.3 Å². The summed E-state index contributed by atoms with van der Waals surface area (Å²) in [7, 11) is 0. The number of halogens is 1. The molecule has 0 radical (unpaired) electrons. The fourth-order valence-corrected chi connectivity index (χ4v) is 2.08. The third-order valence-electron chi connectivity index (χ3n) is 3.34. The predicted molar refractivity (Wildman–Crippen MR) is 79.6 cm³/mol. The molecule has 0 atom stereocenters. The molecule has 2 rings (SSSR count). The summed E-state index contributed by atoms with van der Waals surface area (Å²) < 4.78 is 13.8. The average molecular weight is 273 g/mol. The van der Waals surface area contributed by atoms with Crippen molar-refractivity contribution in [2.75, 3.05) is 11.9 Å². The lowest BCUT2D eigenvalue weighted by Gasteiger charge is -2.09. The van der Waals surface area contributed by atoms with Crippen molar-refractivity contribution < 1.29 is 4.39 Å². The van der Waals surface area contributed by atoms with Crippen LogP contribution in [-0.4, -0.2) is 16.5 Å². The van der Waals surface area contributed by atoms with Crippen LogP contribution in [0.4, 0.5) is 10.2 Å². The van der Waals surface area contributed by atoms with Gasteiger partial charge in [-0.25, -0.2) is 14.4 Å². The van der Waals surface area contributed by atoms with Gasteiger partial charge in [-0.15, -0.1) is 0 Å². The van der Waals surface area contributed by atoms with E-state index in [4.69, 9.17) is 0 Å². The van der Waals surface area contributed by atoms with E-state index in [1.165, 1.54) is 11.1 Å². The normalized spacial score (nSPS) is 10.7. The van der Waals surface area contributed by atoms with Crippen LogP contribution in [0.1, 0.15) is 35.1 Å². The third-order valence-corrected chi connectivity index (χ3v) is 3.34. The Morgan fingerprint density at radius 3 is 2.50 bits per heavy atom. The molecule has 0 spiro atoms. The van der Waals surface area contributed by atoms with Crippen LogP contribution in [0.3, 0.4) is 0 Å². The quantitative estimate of drug-likeness (QED) is 0.925. The first-order valence-electron chi connectivity index (χ1n) is 6.84. The van der Waals surface area contributed by atoms with Gasteiger partial charge in [0.25, 0.3) is 0 Å². The topological polar surface area (TPSA) is 37.8 Å². The van der Waals surface area contributed by atoms with E-state index in [1.54, 1.807) is 6.92 Å². The van der Waals surface area contributed by atoms with E-state index in [0.29, 0.717) is 30.3 Å². The zero-order valence-electron chi connectivity index (χ0n) is 12.4. The summed E-state index contributed by atoms with van der Waals surface area (Å²) in [6, 6.07) is 6.29. The van der Waals surface area contributed by atoms with Crippen molar-refractivity contribution in [2.24, 2.45) is 0 Å². The predicted octanol–water partition coefficient (Wildman–Crippen LogP) is 3.56. The molecule has 20 heavy (non-hydrogen) atoms.